The molecule has 1 aromatic rings. The lowest BCUT2D eigenvalue weighted by Crippen LogP contribution is -2.29. The van der Waals surface area contributed by atoms with Gasteiger partial charge in [0.25, 0.3) is 0 Å². The quantitative estimate of drug-likeness (QED) is 0.918. The number of hydrogen-bond acceptors (Lipinski definition) is 3. The Labute approximate surface area is 140 Å². The molecule has 0 radical (unpaired) electrons. The maximum atomic E-state index is 12.4. The van der Waals surface area contributed by atoms with Gasteiger partial charge in [-0.15, -0.1) is 0 Å². The van der Waals surface area contributed by atoms with Crippen molar-refractivity contribution in [3.8, 4) is 0 Å². The molecule has 4 nitrogen and oxygen atoms in total. The number of halogens is 2. The lowest BCUT2D eigenvalue weighted by molar-refractivity contribution is -0.130. The van der Waals surface area contributed by atoms with E-state index < -0.39 is 0 Å². The Balaban J connectivity index is 1.57. The molecule has 1 aliphatic heterocycles. The van der Waals surface area contributed by atoms with Crippen molar-refractivity contribution in [2.24, 2.45) is 11.8 Å². The van der Waals surface area contributed by atoms with Crippen LogP contribution >= 0.6 is 23.2 Å². The Morgan fingerprint density at radius 3 is 2.64 bits per heavy atom. The van der Waals surface area contributed by atoms with Crippen LogP contribution in [0.4, 0.5) is 0 Å². The summed E-state index contributed by atoms with van der Waals surface area (Å²) in [6.45, 7) is 1.60. The number of aliphatic hydroxyl groups is 1. The van der Waals surface area contributed by atoms with E-state index in [4.69, 9.17) is 23.2 Å². The summed E-state index contributed by atoms with van der Waals surface area (Å²) in [5.74, 6) is 1.16. The summed E-state index contributed by atoms with van der Waals surface area (Å²) in [6.07, 6.45) is 6.59. The van der Waals surface area contributed by atoms with Crippen molar-refractivity contribution in [1.29, 1.82) is 0 Å². The fourth-order valence-corrected chi connectivity index (χ4v) is 4.23. The van der Waals surface area contributed by atoms with Crippen LogP contribution in [-0.4, -0.2) is 40.1 Å². The molecule has 1 saturated carbocycles. The second kappa shape index (κ2) is 6.73. The molecule has 22 heavy (non-hydrogen) atoms. The van der Waals surface area contributed by atoms with E-state index in [-0.39, 0.29) is 12.0 Å². The maximum Gasteiger partial charge on any atom is 0.222 e. The van der Waals surface area contributed by atoms with Crippen LogP contribution in [0.5, 0.6) is 0 Å². The van der Waals surface area contributed by atoms with Gasteiger partial charge in [-0.3, -0.25) is 9.78 Å². The fourth-order valence-electron chi connectivity index (χ4n) is 3.68. The second-order valence-electron chi connectivity index (χ2n) is 6.37. The number of carbonyl (C=O) groups excluding carboxylic acids is 1. The van der Waals surface area contributed by atoms with Crippen molar-refractivity contribution in [3.05, 3.63) is 28.0 Å². The molecule has 1 N–H and O–H groups in total. The number of pyridine rings is 1. The third-order valence-corrected chi connectivity index (χ3v) is 5.57. The summed E-state index contributed by atoms with van der Waals surface area (Å²) in [5, 5.41) is 10.8. The molecular weight excluding hydrogens is 323 g/mol. The molecule has 0 bridgehead atoms. The van der Waals surface area contributed by atoms with Gasteiger partial charge in [-0.1, -0.05) is 23.2 Å². The van der Waals surface area contributed by atoms with Crippen molar-refractivity contribution in [3.63, 3.8) is 0 Å². The van der Waals surface area contributed by atoms with Crippen LogP contribution in [0.2, 0.25) is 10.0 Å². The first-order chi connectivity index (χ1) is 10.5. The zero-order valence-electron chi connectivity index (χ0n) is 12.3. The standard InChI is InChI=1S/C16H20Cl2N2O2/c17-14-6-19-7-15(18)13(14)3-4-16(22)20-8-10-1-2-12(21)5-11(10)9-20/h6-7,10-12,21H,1-5,8-9H2. The van der Waals surface area contributed by atoms with Crippen LogP contribution in [0.3, 0.4) is 0 Å². The molecule has 120 valence electrons. The number of aromatic nitrogens is 1. The van der Waals surface area contributed by atoms with Crippen molar-refractivity contribution < 1.29 is 9.90 Å². The third kappa shape index (κ3) is 3.39. The summed E-state index contributed by atoms with van der Waals surface area (Å²) in [7, 11) is 0. The molecule has 2 heterocycles. The third-order valence-electron chi connectivity index (χ3n) is 4.92. The number of fused-ring (bicyclic) bond motifs is 1. The molecular formula is C16H20Cl2N2O2. The van der Waals surface area contributed by atoms with Gasteiger partial charge in [0.15, 0.2) is 0 Å². The number of nitrogens with zero attached hydrogens (tertiary/aromatic N) is 2. The van der Waals surface area contributed by atoms with E-state index in [9.17, 15) is 9.90 Å². The molecule has 1 amide bonds. The Morgan fingerprint density at radius 1 is 1.23 bits per heavy atom. The Kier molecular flexibility index (Phi) is 4.91. The first-order valence-electron chi connectivity index (χ1n) is 7.78. The van der Waals surface area contributed by atoms with E-state index in [1.165, 1.54) is 0 Å². The zero-order valence-corrected chi connectivity index (χ0v) is 13.9. The summed E-state index contributed by atoms with van der Waals surface area (Å²) in [6, 6.07) is 0. The summed E-state index contributed by atoms with van der Waals surface area (Å²) >= 11 is 12.2. The highest BCUT2D eigenvalue weighted by atomic mass is 35.5. The van der Waals surface area contributed by atoms with Crippen molar-refractivity contribution >= 4 is 29.1 Å². The van der Waals surface area contributed by atoms with Crippen molar-refractivity contribution in [2.45, 2.75) is 38.2 Å². The SMILES string of the molecule is O=C(CCc1c(Cl)cncc1Cl)N1CC2CCC(O)CC2C1. The van der Waals surface area contributed by atoms with E-state index in [0.29, 0.717) is 34.7 Å². The zero-order chi connectivity index (χ0) is 15.7. The molecule has 1 saturated heterocycles. The number of hydrogen-bond donors (Lipinski definition) is 1. The number of carbonyl (C=O) groups is 1. The Hall–Kier alpha value is -0.840. The van der Waals surface area contributed by atoms with E-state index in [1.807, 2.05) is 4.90 Å². The van der Waals surface area contributed by atoms with Gasteiger partial charge in [0.2, 0.25) is 5.91 Å². The van der Waals surface area contributed by atoms with E-state index >= 15 is 0 Å². The minimum Gasteiger partial charge on any atom is -0.393 e. The van der Waals surface area contributed by atoms with Gasteiger partial charge in [0.1, 0.15) is 0 Å². The number of amides is 1. The van der Waals surface area contributed by atoms with Crippen LogP contribution < -0.4 is 0 Å². The van der Waals surface area contributed by atoms with Crippen LogP contribution in [0.15, 0.2) is 12.4 Å². The smallest absolute Gasteiger partial charge is 0.222 e. The highest BCUT2D eigenvalue weighted by molar-refractivity contribution is 6.35. The number of likely N-dealkylation sites (tertiary alicyclic amines) is 1. The van der Waals surface area contributed by atoms with Gasteiger partial charge in [0, 0.05) is 31.9 Å². The van der Waals surface area contributed by atoms with Gasteiger partial charge in [-0.25, -0.2) is 0 Å². The van der Waals surface area contributed by atoms with Crippen LogP contribution in [0.1, 0.15) is 31.2 Å². The summed E-state index contributed by atoms with van der Waals surface area (Å²) in [5.41, 5.74) is 0.790. The number of aliphatic hydroxyl groups excluding tert-OH is 1. The molecule has 3 rings (SSSR count). The largest absolute Gasteiger partial charge is 0.393 e. The van der Waals surface area contributed by atoms with E-state index in [0.717, 1.165) is 37.9 Å². The minimum atomic E-state index is -0.189. The van der Waals surface area contributed by atoms with Gasteiger partial charge >= 0.3 is 0 Å². The molecule has 1 aromatic heterocycles. The monoisotopic (exact) mass is 342 g/mol. The van der Waals surface area contributed by atoms with Crippen LogP contribution in [-0.2, 0) is 11.2 Å². The van der Waals surface area contributed by atoms with E-state index in [2.05, 4.69) is 4.98 Å². The molecule has 0 spiro atoms. The predicted octanol–water partition coefficient (Wildman–Crippen LogP) is 2.94. The minimum absolute atomic E-state index is 0.146. The number of rotatable bonds is 3. The first kappa shape index (κ1) is 16.0. The topological polar surface area (TPSA) is 53.4 Å². The Bertz CT molecular complexity index is 547. The maximum absolute atomic E-state index is 12.4. The lowest BCUT2D eigenvalue weighted by atomic mass is 9.80. The normalized spacial score (nSPS) is 27.8. The van der Waals surface area contributed by atoms with Crippen molar-refractivity contribution in [1.82, 2.24) is 9.88 Å². The lowest BCUT2D eigenvalue weighted by Gasteiger charge is -2.27. The second-order valence-corrected chi connectivity index (χ2v) is 7.18. The van der Waals surface area contributed by atoms with Gasteiger partial charge < -0.3 is 10.0 Å². The summed E-state index contributed by atoms with van der Waals surface area (Å²) in [4.78, 5) is 18.3. The summed E-state index contributed by atoms with van der Waals surface area (Å²) < 4.78 is 0. The predicted molar refractivity (Wildman–Crippen MR) is 86.0 cm³/mol. The van der Waals surface area contributed by atoms with Crippen LogP contribution in [0, 0.1) is 11.8 Å². The molecule has 3 atom stereocenters. The highest BCUT2D eigenvalue weighted by Crippen LogP contribution is 2.36. The van der Waals surface area contributed by atoms with Crippen LogP contribution in [0.25, 0.3) is 0 Å². The fraction of sp³-hybridized carbons (Fsp3) is 0.625. The average Bonchev–Trinajstić information content (AvgIpc) is 2.89. The molecule has 2 fully saturated rings. The molecule has 1 aliphatic carbocycles. The average molecular weight is 343 g/mol. The van der Waals surface area contributed by atoms with Crippen molar-refractivity contribution in [2.75, 3.05) is 13.1 Å². The van der Waals surface area contributed by atoms with Gasteiger partial charge in [-0.05, 0) is 43.1 Å². The molecule has 3 unspecified atom stereocenters. The van der Waals surface area contributed by atoms with Gasteiger partial charge in [0.05, 0.1) is 16.1 Å². The Morgan fingerprint density at radius 2 is 1.91 bits per heavy atom. The molecule has 6 heteroatoms. The molecule has 0 aromatic carbocycles. The molecule has 2 aliphatic rings. The highest BCUT2D eigenvalue weighted by Gasteiger charge is 2.38. The van der Waals surface area contributed by atoms with Gasteiger partial charge in [-0.2, -0.15) is 0 Å². The first-order valence-corrected chi connectivity index (χ1v) is 8.54. The van der Waals surface area contributed by atoms with E-state index in [1.54, 1.807) is 12.4 Å².